The van der Waals surface area contributed by atoms with Gasteiger partial charge in [0.25, 0.3) is 5.69 Å². The number of nitro groups is 1. The molecule has 4 aromatic rings. The van der Waals surface area contributed by atoms with Crippen LogP contribution >= 0.6 is 0 Å². The largest absolute Gasteiger partial charge is 0.497 e. The quantitative estimate of drug-likeness (QED) is 0.290. The monoisotopic (exact) mass is 372 g/mol. The fourth-order valence-electron chi connectivity index (χ4n) is 2.92. The third kappa shape index (κ3) is 3.33. The Morgan fingerprint density at radius 1 is 1.11 bits per heavy atom. The SMILES string of the molecule is COc1ccc(N=Cc2nc(-c3cccc([N+](=O)[O-])c3)n3ccccc23)cc1. The maximum Gasteiger partial charge on any atom is 0.270 e. The maximum atomic E-state index is 11.1. The summed E-state index contributed by atoms with van der Waals surface area (Å²) in [4.78, 5) is 19.9. The molecule has 4 rings (SSSR count). The summed E-state index contributed by atoms with van der Waals surface area (Å²) in [6, 6.07) is 19.6. The molecule has 2 aromatic carbocycles. The normalized spacial score (nSPS) is 11.2. The Bertz CT molecular complexity index is 1180. The first-order valence-electron chi connectivity index (χ1n) is 8.56. The van der Waals surface area contributed by atoms with Crippen LogP contribution in [0.25, 0.3) is 16.9 Å². The maximum absolute atomic E-state index is 11.1. The zero-order chi connectivity index (χ0) is 19.5. The van der Waals surface area contributed by atoms with Crippen LogP contribution in [0.1, 0.15) is 5.69 Å². The van der Waals surface area contributed by atoms with Gasteiger partial charge in [0.1, 0.15) is 17.3 Å². The Morgan fingerprint density at radius 3 is 2.68 bits per heavy atom. The Labute approximate surface area is 160 Å². The van der Waals surface area contributed by atoms with Crippen molar-refractivity contribution in [2.45, 2.75) is 0 Å². The van der Waals surface area contributed by atoms with E-state index < -0.39 is 4.92 Å². The molecule has 0 fully saturated rings. The number of hydrogen-bond donors (Lipinski definition) is 0. The molecule has 138 valence electrons. The topological polar surface area (TPSA) is 82.0 Å². The highest BCUT2D eigenvalue weighted by molar-refractivity contribution is 5.90. The Kier molecular flexibility index (Phi) is 4.55. The van der Waals surface area contributed by atoms with Crippen molar-refractivity contribution in [2.75, 3.05) is 7.11 Å². The van der Waals surface area contributed by atoms with Gasteiger partial charge in [-0.05, 0) is 36.4 Å². The van der Waals surface area contributed by atoms with Crippen molar-refractivity contribution in [1.82, 2.24) is 9.38 Å². The molecule has 28 heavy (non-hydrogen) atoms. The molecule has 0 N–H and O–H groups in total. The zero-order valence-electron chi connectivity index (χ0n) is 15.0. The fraction of sp³-hybridized carbons (Fsp3) is 0.0476. The number of imidazole rings is 1. The van der Waals surface area contributed by atoms with Crippen LogP contribution in [-0.2, 0) is 0 Å². The molecule has 0 aliphatic heterocycles. The summed E-state index contributed by atoms with van der Waals surface area (Å²) in [5.74, 6) is 1.38. The van der Waals surface area contributed by atoms with E-state index >= 15 is 0 Å². The number of aromatic nitrogens is 2. The molecule has 0 amide bonds. The molecule has 0 saturated heterocycles. The van der Waals surface area contributed by atoms with E-state index in [-0.39, 0.29) is 5.69 Å². The Balaban J connectivity index is 1.77. The Morgan fingerprint density at radius 2 is 1.93 bits per heavy atom. The van der Waals surface area contributed by atoms with Crippen molar-refractivity contribution in [3.63, 3.8) is 0 Å². The molecule has 0 bridgehead atoms. The predicted molar refractivity (Wildman–Crippen MR) is 108 cm³/mol. The van der Waals surface area contributed by atoms with Crippen LogP contribution in [0.5, 0.6) is 5.75 Å². The number of rotatable bonds is 5. The van der Waals surface area contributed by atoms with Crippen LogP contribution in [0.2, 0.25) is 0 Å². The third-order valence-corrected chi connectivity index (χ3v) is 4.30. The van der Waals surface area contributed by atoms with E-state index in [0.717, 1.165) is 17.0 Å². The molecule has 2 heterocycles. The lowest BCUT2D eigenvalue weighted by Crippen LogP contribution is -1.91. The fourth-order valence-corrected chi connectivity index (χ4v) is 2.92. The molecule has 0 aliphatic carbocycles. The number of non-ortho nitro benzene ring substituents is 1. The van der Waals surface area contributed by atoms with Crippen molar-refractivity contribution in [2.24, 2.45) is 4.99 Å². The van der Waals surface area contributed by atoms with Gasteiger partial charge in [0.2, 0.25) is 0 Å². The molecule has 7 heteroatoms. The van der Waals surface area contributed by atoms with E-state index in [9.17, 15) is 10.1 Å². The van der Waals surface area contributed by atoms with Gasteiger partial charge in [-0.3, -0.25) is 19.5 Å². The lowest BCUT2D eigenvalue weighted by Gasteiger charge is -2.01. The molecule has 7 nitrogen and oxygen atoms in total. The van der Waals surface area contributed by atoms with Crippen molar-refractivity contribution in [3.05, 3.63) is 88.7 Å². The third-order valence-electron chi connectivity index (χ3n) is 4.30. The minimum absolute atomic E-state index is 0.0265. The van der Waals surface area contributed by atoms with Crippen molar-refractivity contribution >= 4 is 23.1 Å². The molecular weight excluding hydrogens is 356 g/mol. The number of fused-ring (bicyclic) bond motifs is 1. The first-order valence-corrected chi connectivity index (χ1v) is 8.56. The average molecular weight is 372 g/mol. The summed E-state index contributed by atoms with van der Waals surface area (Å²) in [6.45, 7) is 0. The smallest absolute Gasteiger partial charge is 0.270 e. The number of benzene rings is 2. The molecule has 0 unspecified atom stereocenters. The van der Waals surface area contributed by atoms with Gasteiger partial charge in [0, 0.05) is 23.9 Å². The predicted octanol–water partition coefficient (Wildman–Crippen LogP) is 4.67. The summed E-state index contributed by atoms with van der Waals surface area (Å²) < 4.78 is 7.05. The summed E-state index contributed by atoms with van der Waals surface area (Å²) >= 11 is 0. The van der Waals surface area contributed by atoms with E-state index in [4.69, 9.17) is 4.74 Å². The van der Waals surface area contributed by atoms with Gasteiger partial charge >= 0.3 is 0 Å². The highest BCUT2D eigenvalue weighted by Crippen LogP contribution is 2.26. The van der Waals surface area contributed by atoms with Gasteiger partial charge in [-0.15, -0.1) is 0 Å². The van der Waals surface area contributed by atoms with Gasteiger partial charge in [-0.2, -0.15) is 0 Å². The van der Waals surface area contributed by atoms with E-state index in [0.29, 0.717) is 17.1 Å². The van der Waals surface area contributed by atoms with Crippen LogP contribution < -0.4 is 4.74 Å². The molecule has 2 aromatic heterocycles. The van der Waals surface area contributed by atoms with Gasteiger partial charge in [0.15, 0.2) is 0 Å². The van der Waals surface area contributed by atoms with E-state index in [1.165, 1.54) is 12.1 Å². The summed E-state index contributed by atoms with van der Waals surface area (Å²) in [5.41, 5.74) is 3.01. The number of nitrogens with zero attached hydrogens (tertiary/aromatic N) is 4. The second-order valence-electron chi connectivity index (χ2n) is 6.04. The van der Waals surface area contributed by atoms with Gasteiger partial charge in [-0.1, -0.05) is 18.2 Å². The molecule has 0 saturated carbocycles. The summed E-state index contributed by atoms with van der Waals surface area (Å²) in [5, 5.41) is 11.1. The van der Waals surface area contributed by atoms with Gasteiger partial charge < -0.3 is 4.74 Å². The van der Waals surface area contributed by atoms with Crippen LogP contribution in [0.15, 0.2) is 77.9 Å². The zero-order valence-corrected chi connectivity index (χ0v) is 15.0. The highest BCUT2D eigenvalue weighted by atomic mass is 16.6. The summed E-state index contributed by atoms with van der Waals surface area (Å²) in [6.07, 6.45) is 3.57. The van der Waals surface area contributed by atoms with Gasteiger partial charge in [-0.25, -0.2) is 4.98 Å². The molecule has 0 spiro atoms. The average Bonchev–Trinajstić information content (AvgIpc) is 3.11. The number of methoxy groups -OCH3 is 1. The number of nitro benzene ring substituents is 1. The van der Waals surface area contributed by atoms with E-state index in [1.807, 2.05) is 53.1 Å². The first-order chi connectivity index (χ1) is 13.7. The van der Waals surface area contributed by atoms with Crippen LogP contribution in [0.4, 0.5) is 11.4 Å². The summed E-state index contributed by atoms with van der Waals surface area (Å²) in [7, 11) is 1.62. The number of pyridine rings is 1. The molecule has 0 atom stereocenters. The van der Waals surface area contributed by atoms with E-state index in [2.05, 4.69) is 9.98 Å². The second kappa shape index (κ2) is 7.32. The van der Waals surface area contributed by atoms with E-state index in [1.54, 1.807) is 25.5 Å². The van der Waals surface area contributed by atoms with Crippen LogP contribution in [0.3, 0.4) is 0 Å². The lowest BCUT2D eigenvalue weighted by molar-refractivity contribution is -0.384. The number of hydrogen-bond acceptors (Lipinski definition) is 5. The van der Waals surface area contributed by atoms with Crippen molar-refractivity contribution in [1.29, 1.82) is 0 Å². The number of ether oxygens (including phenoxy) is 1. The van der Waals surface area contributed by atoms with Crippen molar-refractivity contribution in [3.8, 4) is 17.1 Å². The molecular formula is C21H16N4O3. The van der Waals surface area contributed by atoms with Crippen molar-refractivity contribution < 1.29 is 9.66 Å². The minimum Gasteiger partial charge on any atom is -0.497 e. The highest BCUT2D eigenvalue weighted by Gasteiger charge is 2.14. The minimum atomic E-state index is -0.411. The number of aliphatic imine (C=N–C) groups is 1. The second-order valence-corrected chi connectivity index (χ2v) is 6.04. The van der Waals surface area contributed by atoms with Crippen LogP contribution in [0, 0.1) is 10.1 Å². The van der Waals surface area contributed by atoms with Crippen LogP contribution in [-0.4, -0.2) is 27.6 Å². The first kappa shape index (κ1) is 17.4. The standard InChI is InChI=1S/C21H16N4O3/c1-28-18-10-8-16(9-11-18)22-14-19-20-7-2-3-12-24(20)21(23-19)15-5-4-6-17(13-15)25(26)27/h2-14H,1H3. The molecule has 0 aliphatic rings. The Hall–Kier alpha value is -4.00. The van der Waals surface area contributed by atoms with Gasteiger partial charge in [0.05, 0.1) is 29.5 Å². The molecule has 0 radical (unpaired) electrons. The lowest BCUT2D eigenvalue weighted by atomic mass is 10.2.